The molecular formula is C14H13N3OS2. The highest BCUT2D eigenvalue weighted by Crippen LogP contribution is 2.29. The second-order valence-corrected chi connectivity index (χ2v) is 5.86. The third kappa shape index (κ3) is 4.64. The first-order valence-corrected chi connectivity index (χ1v) is 7.62. The summed E-state index contributed by atoms with van der Waals surface area (Å²) in [5, 5.41) is 10.6. The summed E-state index contributed by atoms with van der Waals surface area (Å²) in [5.41, 5.74) is 2.47. The highest BCUT2D eigenvalue weighted by Gasteiger charge is 2.02. The van der Waals surface area contributed by atoms with Gasteiger partial charge in [0.2, 0.25) is 5.91 Å². The maximum absolute atomic E-state index is 11.6. The number of aromatic nitrogens is 2. The molecule has 0 radical (unpaired) electrons. The van der Waals surface area contributed by atoms with Gasteiger partial charge in [0.05, 0.1) is 0 Å². The lowest BCUT2D eigenvalue weighted by Gasteiger charge is -2.03. The van der Waals surface area contributed by atoms with Gasteiger partial charge in [-0.05, 0) is 31.2 Å². The number of hydrogen-bond donors (Lipinski definition) is 1. The summed E-state index contributed by atoms with van der Waals surface area (Å²) in [5.74, 6) is -0.146. The van der Waals surface area contributed by atoms with Crippen molar-refractivity contribution in [1.29, 1.82) is 0 Å². The topological polar surface area (TPSA) is 54.9 Å². The Labute approximate surface area is 125 Å². The van der Waals surface area contributed by atoms with Crippen molar-refractivity contribution in [2.24, 2.45) is 0 Å². The van der Waals surface area contributed by atoms with Crippen molar-refractivity contribution in [3.05, 3.63) is 54.1 Å². The predicted molar refractivity (Wildman–Crippen MR) is 83.1 cm³/mol. The van der Waals surface area contributed by atoms with E-state index >= 15 is 0 Å². The molecule has 0 aliphatic heterocycles. The average molecular weight is 303 g/mol. The molecule has 1 aromatic carbocycles. The second-order valence-electron chi connectivity index (χ2n) is 3.71. The van der Waals surface area contributed by atoms with E-state index in [0.29, 0.717) is 0 Å². The minimum absolute atomic E-state index is 0.146. The van der Waals surface area contributed by atoms with Gasteiger partial charge < -0.3 is 5.32 Å². The molecular weight excluding hydrogens is 290 g/mol. The van der Waals surface area contributed by atoms with Crippen LogP contribution >= 0.6 is 23.1 Å². The van der Waals surface area contributed by atoms with Crippen molar-refractivity contribution in [2.75, 3.05) is 5.32 Å². The first-order valence-electron chi connectivity index (χ1n) is 5.92. The summed E-state index contributed by atoms with van der Waals surface area (Å²) in [7, 11) is 0. The second kappa shape index (κ2) is 7.62. The Bertz CT molecular complexity index is 604. The van der Waals surface area contributed by atoms with Crippen LogP contribution in [0, 0.1) is 0 Å². The molecule has 0 aliphatic rings. The van der Waals surface area contributed by atoms with Crippen molar-refractivity contribution in [3.8, 4) is 0 Å². The van der Waals surface area contributed by atoms with Gasteiger partial charge in [0.1, 0.15) is 5.51 Å². The van der Waals surface area contributed by atoms with Gasteiger partial charge in [-0.3, -0.25) is 4.79 Å². The van der Waals surface area contributed by atoms with Crippen LogP contribution < -0.4 is 5.32 Å². The molecule has 1 amide bonds. The molecule has 102 valence electrons. The number of nitrogens with one attached hydrogen (secondary N) is 1. The minimum atomic E-state index is -0.146. The number of hydrogen-bond acceptors (Lipinski definition) is 5. The first-order chi connectivity index (χ1) is 9.78. The molecule has 2 aromatic rings. The third-order valence-corrected chi connectivity index (χ3v) is 4.00. The standard InChI is InChI=1S/C14H13N3OS2/c1-2-3-4-5-13(18)16-11-6-8-12(9-7-11)20-14-17-15-10-19-14/h2-10H,1H3,(H,16,18)/b3-2+,5-4+. The molecule has 0 fully saturated rings. The van der Waals surface area contributed by atoms with E-state index in [4.69, 9.17) is 0 Å². The van der Waals surface area contributed by atoms with E-state index in [-0.39, 0.29) is 5.91 Å². The van der Waals surface area contributed by atoms with Crippen molar-refractivity contribution < 1.29 is 4.79 Å². The van der Waals surface area contributed by atoms with E-state index in [9.17, 15) is 4.79 Å². The molecule has 0 unspecified atom stereocenters. The smallest absolute Gasteiger partial charge is 0.248 e. The summed E-state index contributed by atoms with van der Waals surface area (Å²) in [6.07, 6.45) is 6.86. The van der Waals surface area contributed by atoms with Gasteiger partial charge in [-0.25, -0.2) is 0 Å². The van der Waals surface area contributed by atoms with Crippen LogP contribution in [-0.2, 0) is 4.79 Å². The Morgan fingerprint density at radius 3 is 2.75 bits per heavy atom. The zero-order valence-electron chi connectivity index (χ0n) is 10.8. The normalized spacial score (nSPS) is 11.2. The Morgan fingerprint density at radius 1 is 1.30 bits per heavy atom. The van der Waals surface area contributed by atoms with E-state index in [2.05, 4.69) is 15.5 Å². The largest absolute Gasteiger partial charge is 0.323 e. The van der Waals surface area contributed by atoms with Crippen LogP contribution in [0.3, 0.4) is 0 Å². The van der Waals surface area contributed by atoms with Crippen molar-refractivity contribution >= 4 is 34.7 Å². The Balaban J connectivity index is 1.93. The third-order valence-electron chi connectivity index (χ3n) is 2.22. The zero-order valence-corrected chi connectivity index (χ0v) is 12.4. The van der Waals surface area contributed by atoms with Crippen LogP contribution in [0.5, 0.6) is 0 Å². The van der Waals surface area contributed by atoms with Gasteiger partial charge in [0.15, 0.2) is 4.34 Å². The molecule has 1 heterocycles. The highest BCUT2D eigenvalue weighted by atomic mass is 32.2. The molecule has 0 bridgehead atoms. The molecule has 4 nitrogen and oxygen atoms in total. The molecule has 0 spiro atoms. The average Bonchev–Trinajstić information content (AvgIpc) is 2.94. The fourth-order valence-corrected chi connectivity index (χ4v) is 2.80. The van der Waals surface area contributed by atoms with E-state index in [0.717, 1.165) is 14.9 Å². The van der Waals surface area contributed by atoms with Crippen LogP contribution in [0.15, 0.2) is 63.3 Å². The predicted octanol–water partition coefficient (Wildman–Crippen LogP) is 3.76. The van der Waals surface area contributed by atoms with E-state index in [1.54, 1.807) is 29.4 Å². The molecule has 0 aliphatic carbocycles. The molecule has 1 aromatic heterocycles. The number of anilines is 1. The lowest BCUT2D eigenvalue weighted by atomic mass is 10.3. The number of carbonyl (C=O) groups is 1. The fraction of sp³-hybridized carbons (Fsp3) is 0.0714. The summed E-state index contributed by atoms with van der Waals surface area (Å²) in [6, 6.07) is 7.62. The zero-order chi connectivity index (χ0) is 14.2. The summed E-state index contributed by atoms with van der Waals surface area (Å²) < 4.78 is 0.899. The summed E-state index contributed by atoms with van der Waals surface area (Å²) in [4.78, 5) is 12.6. The Morgan fingerprint density at radius 2 is 2.10 bits per heavy atom. The van der Waals surface area contributed by atoms with E-state index < -0.39 is 0 Å². The number of allylic oxidation sites excluding steroid dienone is 3. The minimum Gasteiger partial charge on any atom is -0.323 e. The molecule has 6 heteroatoms. The molecule has 0 saturated carbocycles. The number of rotatable bonds is 5. The van der Waals surface area contributed by atoms with E-state index in [1.165, 1.54) is 17.4 Å². The monoisotopic (exact) mass is 303 g/mol. The van der Waals surface area contributed by atoms with Crippen LogP contribution in [0.25, 0.3) is 0 Å². The quantitative estimate of drug-likeness (QED) is 0.675. The van der Waals surface area contributed by atoms with Gasteiger partial charge in [0.25, 0.3) is 0 Å². The Hall–Kier alpha value is -1.92. The lowest BCUT2D eigenvalue weighted by molar-refractivity contribution is -0.111. The van der Waals surface area contributed by atoms with Gasteiger partial charge in [-0.2, -0.15) is 0 Å². The maximum atomic E-state index is 11.6. The van der Waals surface area contributed by atoms with Gasteiger partial charge >= 0.3 is 0 Å². The fourth-order valence-electron chi connectivity index (χ4n) is 1.35. The van der Waals surface area contributed by atoms with Crippen molar-refractivity contribution in [3.63, 3.8) is 0 Å². The van der Waals surface area contributed by atoms with Crippen LogP contribution in [-0.4, -0.2) is 16.1 Å². The maximum Gasteiger partial charge on any atom is 0.248 e. The van der Waals surface area contributed by atoms with Crippen molar-refractivity contribution in [2.45, 2.75) is 16.2 Å². The number of benzene rings is 1. The van der Waals surface area contributed by atoms with Crippen LogP contribution in [0.4, 0.5) is 5.69 Å². The van der Waals surface area contributed by atoms with Gasteiger partial charge in [-0.15, -0.1) is 10.2 Å². The lowest BCUT2D eigenvalue weighted by Crippen LogP contribution is -2.07. The molecule has 2 rings (SSSR count). The molecule has 0 saturated heterocycles. The Kier molecular flexibility index (Phi) is 5.52. The number of nitrogens with zero attached hydrogens (tertiary/aromatic N) is 2. The summed E-state index contributed by atoms with van der Waals surface area (Å²) in [6.45, 7) is 1.90. The summed E-state index contributed by atoms with van der Waals surface area (Å²) >= 11 is 3.05. The van der Waals surface area contributed by atoms with Crippen LogP contribution in [0.1, 0.15) is 6.92 Å². The first kappa shape index (κ1) is 14.5. The van der Waals surface area contributed by atoms with E-state index in [1.807, 2.05) is 37.3 Å². The molecule has 20 heavy (non-hydrogen) atoms. The van der Waals surface area contributed by atoms with Gasteiger partial charge in [0, 0.05) is 16.7 Å². The highest BCUT2D eigenvalue weighted by molar-refractivity contribution is 8.01. The van der Waals surface area contributed by atoms with Crippen LogP contribution in [0.2, 0.25) is 0 Å². The molecule has 1 N–H and O–H groups in total. The SMILES string of the molecule is C/C=C/C=C/C(=O)Nc1ccc(Sc2nncs2)cc1. The van der Waals surface area contributed by atoms with Crippen molar-refractivity contribution in [1.82, 2.24) is 10.2 Å². The van der Waals surface area contributed by atoms with Gasteiger partial charge in [-0.1, -0.05) is 41.3 Å². The number of amides is 1. The number of carbonyl (C=O) groups excluding carboxylic acids is 1. The molecule has 0 atom stereocenters.